The van der Waals surface area contributed by atoms with Crippen LogP contribution in [0.5, 0.6) is 0 Å². The number of alkyl halides is 1. The number of hydrogen-bond donors (Lipinski definition) is 2. The minimum atomic E-state index is -1.26. The molecule has 1 aromatic carbocycles. The lowest BCUT2D eigenvalue weighted by molar-refractivity contribution is -0.119. The third kappa shape index (κ3) is 4.79. The van der Waals surface area contributed by atoms with Crippen LogP contribution in [0.25, 0.3) is 0 Å². The van der Waals surface area contributed by atoms with Crippen LogP contribution in [-0.4, -0.2) is 37.2 Å². The summed E-state index contributed by atoms with van der Waals surface area (Å²) in [7, 11) is 1.49. The number of nitrogens with one attached hydrogen (secondary N) is 1. The first kappa shape index (κ1) is 17.5. The van der Waals surface area contributed by atoms with Crippen LogP contribution in [0.1, 0.15) is 12.0 Å². The van der Waals surface area contributed by atoms with Crippen LogP contribution in [0.2, 0.25) is 10.0 Å². The maximum atomic E-state index is 11.1. The fourth-order valence-corrected chi connectivity index (χ4v) is 2.17. The normalized spacial score (nSPS) is 13.8. The molecule has 0 fully saturated rings. The van der Waals surface area contributed by atoms with Crippen molar-refractivity contribution in [3.8, 4) is 0 Å². The zero-order chi connectivity index (χ0) is 15.2. The van der Waals surface area contributed by atoms with Gasteiger partial charge in [-0.25, -0.2) is 0 Å². The lowest BCUT2D eigenvalue weighted by Gasteiger charge is -2.28. The summed E-state index contributed by atoms with van der Waals surface area (Å²) in [6.45, 7) is 0.341. The standard InChI is InChI=1S/C13H16Cl3NO3/c1-20-8-13(19,4-5-17-12(18)7-14)9-2-3-10(15)11(16)6-9/h2-3,6,19H,4-5,7-8H2,1H3,(H,17,18). The van der Waals surface area contributed by atoms with Gasteiger partial charge in [0, 0.05) is 13.7 Å². The van der Waals surface area contributed by atoms with Gasteiger partial charge in [0.1, 0.15) is 11.5 Å². The molecule has 0 aliphatic heterocycles. The van der Waals surface area contributed by atoms with Gasteiger partial charge in [-0.15, -0.1) is 11.6 Å². The van der Waals surface area contributed by atoms with Gasteiger partial charge in [-0.05, 0) is 24.1 Å². The summed E-state index contributed by atoms with van der Waals surface area (Å²) in [5.74, 6) is -0.407. The molecule has 4 nitrogen and oxygen atoms in total. The molecule has 1 atom stereocenters. The highest BCUT2D eigenvalue weighted by Crippen LogP contribution is 2.31. The van der Waals surface area contributed by atoms with E-state index < -0.39 is 5.60 Å². The number of amides is 1. The molecule has 0 heterocycles. The number of methoxy groups -OCH3 is 1. The molecule has 0 spiro atoms. The molecule has 0 saturated carbocycles. The van der Waals surface area contributed by atoms with Crippen LogP contribution in [0.15, 0.2) is 18.2 Å². The van der Waals surface area contributed by atoms with E-state index in [4.69, 9.17) is 39.5 Å². The van der Waals surface area contributed by atoms with Gasteiger partial charge in [0.15, 0.2) is 0 Å². The van der Waals surface area contributed by atoms with Crippen molar-refractivity contribution in [3.05, 3.63) is 33.8 Å². The fourth-order valence-electron chi connectivity index (χ4n) is 1.78. The Morgan fingerprint density at radius 1 is 1.40 bits per heavy atom. The first-order valence-electron chi connectivity index (χ1n) is 5.92. The van der Waals surface area contributed by atoms with E-state index in [0.29, 0.717) is 15.6 Å². The molecule has 0 aliphatic carbocycles. The summed E-state index contributed by atoms with van der Waals surface area (Å²) in [5.41, 5.74) is -0.684. The maximum absolute atomic E-state index is 11.1. The smallest absolute Gasteiger partial charge is 0.234 e. The van der Waals surface area contributed by atoms with E-state index in [9.17, 15) is 9.90 Å². The Morgan fingerprint density at radius 2 is 2.10 bits per heavy atom. The molecule has 2 N–H and O–H groups in total. The van der Waals surface area contributed by atoms with Gasteiger partial charge < -0.3 is 15.2 Å². The number of benzene rings is 1. The molecule has 1 unspecified atom stereocenters. The van der Waals surface area contributed by atoms with Crippen molar-refractivity contribution in [1.82, 2.24) is 5.32 Å². The molecule has 112 valence electrons. The molecule has 0 saturated heterocycles. The molecule has 0 radical (unpaired) electrons. The van der Waals surface area contributed by atoms with Crippen LogP contribution >= 0.6 is 34.8 Å². The van der Waals surface area contributed by atoms with E-state index in [1.807, 2.05) is 0 Å². The van der Waals surface area contributed by atoms with Crippen LogP contribution in [0.4, 0.5) is 0 Å². The molecule has 1 aromatic rings. The van der Waals surface area contributed by atoms with Gasteiger partial charge in [-0.1, -0.05) is 29.3 Å². The first-order chi connectivity index (χ1) is 9.42. The number of halogens is 3. The predicted octanol–water partition coefficient (Wildman–Crippen LogP) is 2.57. The second-order valence-electron chi connectivity index (χ2n) is 4.33. The van der Waals surface area contributed by atoms with Crippen molar-refractivity contribution < 1.29 is 14.6 Å². The Morgan fingerprint density at radius 3 is 2.65 bits per heavy atom. The van der Waals surface area contributed by atoms with Crippen LogP contribution in [0, 0.1) is 0 Å². The molecular weight excluding hydrogens is 325 g/mol. The highest BCUT2D eigenvalue weighted by molar-refractivity contribution is 6.42. The zero-order valence-electron chi connectivity index (χ0n) is 11.0. The molecule has 0 aliphatic rings. The third-order valence-corrected chi connectivity index (χ3v) is 3.80. The summed E-state index contributed by atoms with van der Waals surface area (Å²) in [4.78, 5) is 11.1. The monoisotopic (exact) mass is 339 g/mol. The van der Waals surface area contributed by atoms with E-state index in [2.05, 4.69) is 5.32 Å². The quantitative estimate of drug-likeness (QED) is 0.750. The van der Waals surface area contributed by atoms with Gasteiger partial charge in [-0.2, -0.15) is 0 Å². The average Bonchev–Trinajstić information content (AvgIpc) is 2.41. The van der Waals surface area contributed by atoms with Crippen LogP contribution in [-0.2, 0) is 15.1 Å². The molecule has 0 bridgehead atoms. The largest absolute Gasteiger partial charge is 0.383 e. The number of aliphatic hydroxyl groups is 1. The van der Waals surface area contributed by atoms with Gasteiger partial charge >= 0.3 is 0 Å². The third-order valence-electron chi connectivity index (χ3n) is 2.82. The Labute approximate surface area is 133 Å². The minimum Gasteiger partial charge on any atom is -0.383 e. The second-order valence-corrected chi connectivity index (χ2v) is 5.41. The summed E-state index contributed by atoms with van der Waals surface area (Å²) in [6.07, 6.45) is 0.265. The SMILES string of the molecule is COCC(O)(CCNC(=O)CCl)c1ccc(Cl)c(Cl)c1. The lowest BCUT2D eigenvalue weighted by atomic mass is 9.91. The van der Waals surface area contributed by atoms with Crippen LogP contribution < -0.4 is 5.32 Å². The number of rotatable bonds is 7. The van der Waals surface area contributed by atoms with E-state index in [1.165, 1.54) is 7.11 Å². The van der Waals surface area contributed by atoms with E-state index in [1.54, 1.807) is 18.2 Å². The summed E-state index contributed by atoms with van der Waals surface area (Å²) in [5, 5.41) is 14.0. The van der Waals surface area contributed by atoms with Crippen molar-refractivity contribution in [1.29, 1.82) is 0 Å². The zero-order valence-corrected chi connectivity index (χ0v) is 13.2. The topological polar surface area (TPSA) is 58.6 Å². The number of ether oxygens (including phenoxy) is 1. The Hall–Kier alpha value is -0.520. The molecular formula is C13H16Cl3NO3. The Balaban J connectivity index is 2.84. The fraction of sp³-hybridized carbons (Fsp3) is 0.462. The van der Waals surface area contributed by atoms with Crippen molar-refractivity contribution in [2.45, 2.75) is 12.0 Å². The van der Waals surface area contributed by atoms with Crippen molar-refractivity contribution in [3.63, 3.8) is 0 Å². The highest BCUT2D eigenvalue weighted by atomic mass is 35.5. The summed E-state index contributed by atoms with van der Waals surface area (Å²) < 4.78 is 5.05. The van der Waals surface area contributed by atoms with Crippen molar-refractivity contribution in [2.75, 3.05) is 26.1 Å². The van der Waals surface area contributed by atoms with Gasteiger partial charge in [0.25, 0.3) is 0 Å². The maximum Gasteiger partial charge on any atom is 0.234 e. The molecule has 20 heavy (non-hydrogen) atoms. The first-order valence-corrected chi connectivity index (χ1v) is 7.21. The van der Waals surface area contributed by atoms with Crippen LogP contribution in [0.3, 0.4) is 0 Å². The summed E-state index contributed by atoms with van der Waals surface area (Å²) in [6, 6.07) is 4.88. The van der Waals surface area contributed by atoms with Crippen molar-refractivity contribution in [2.24, 2.45) is 0 Å². The molecule has 0 aromatic heterocycles. The number of carbonyl (C=O) groups excluding carboxylic acids is 1. The van der Waals surface area contributed by atoms with E-state index in [0.717, 1.165) is 0 Å². The molecule has 7 heteroatoms. The molecule has 1 rings (SSSR count). The average molecular weight is 341 g/mol. The van der Waals surface area contributed by atoms with E-state index >= 15 is 0 Å². The van der Waals surface area contributed by atoms with Gasteiger partial charge in [0.2, 0.25) is 5.91 Å². The van der Waals surface area contributed by atoms with E-state index in [-0.39, 0.29) is 31.4 Å². The van der Waals surface area contributed by atoms with Crippen molar-refractivity contribution >= 4 is 40.7 Å². The predicted molar refractivity (Wildman–Crippen MR) is 80.6 cm³/mol. The second kappa shape index (κ2) is 8.05. The highest BCUT2D eigenvalue weighted by Gasteiger charge is 2.29. The number of carbonyl (C=O) groups is 1. The van der Waals surface area contributed by atoms with Gasteiger partial charge in [-0.3, -0.25) is 4.79 Å². The lowest BCUT2D eigenvalue weighted by Crippen LogP contribution is -2.37. The Kier molecular flexibility index (Phi) is 7.06. The minimum absolute atomic E-state index is 0.0711. The summed E-state index contributed by atoms with van der Waals surface area (Å²) >= 11 is 17.2. The number of hydrogen-bond acceptors (Lipinski definition) is 3. The Bertz CT molecular complexity index is 470. The molecule has 1 amide bonds. The van der Waals surface area contributed by atoms with Gasteiger partial charge in [0.05, 0.1) is 16.7 Å².